The van der Waals surface area contributed by atoms with Gasteiger partial charge in [-0.15, -0.1) is 11.9 Å². The van der Waals surface area contributed by atoms with Crippen LogP contribution in [0.4, 0.5) is 8.78 Å². The molecule has 3 aliphatic rings. The molecule has 9 heteroatoms. The average molecular weight is 625 g/mol. The number of nitrogens with zero attached hydrogens (tertiary/aromatic N) is 3. The molecule has 2 N–H and O–H groups in total. The minimum absolute atomic E-state index is 0. The molecule has 2 aromatic rings. The first-order chi connectivity index (χ1) is 14.2. The number of benzene rings is 1. The fraction of sp³-hybridized carbons (Fsp3) is 0.545. The number of alkyl halides is 2. The second-order valence-corrected chi connectivity index (χ2v) is 9.00. The Labute approximate surface area is 201 Å². The summed E-state index contributed by atoms with van der Waals surface area (Å²) in [5, 5.41) is 1.45. The first-order valence-corrected chi connectivity index (χ1v) is 10.6. The molecule has 1 amide bonds. The number of nitrogens with two attached hydrogens (primary N) is 1. The van der Waals surface area contributed by atoms with Gasteiger partial charge in [0, 0.05) is 12.1 Å². The molecule has 1 aromatic heterocycles. The normalized spacial score (nSPS) is 23.4. The van der Waals surface area contributed by atoms with Crippen LogP contribution in [0.5, 0.6) is 0 Å². The number of fused-ring (bicyclic) bond motifs is 2. The van der Waals surface area contributed by atoms with E-state index in [-0.39, 0.29) is 26.2 Å². The Kier molecular flexibility index (Phi) is 8.83. The SMILES string of the molecule is CC(F)(F)[S-].NC=O.[Os+2].[c-]1cc2n(n1)CCC21CCN(C2(c3ccccc3)CCC2)C1. The molecule has 31 heavy (non-hydrogen) atoms. The number of hydrogen-bond donors (Lipinski definition) is 1. The predicted molar refractivity (Wildman–Crippen MR) is 114 cm³/mol. The summed E-state index contributed by atoms with van der Waals surface area (Å²) in [5.74, 6) is 0. The molecule has 0 bridgehead atoms. The number of carbonyl (C=O) groups is 1. The molecule has 1 aromatic carbocycles. The zero-order valence-corrected chi connectivity index (χ0v) is 20.9. The van der Waals surface area contributed by atoms with Crippen molar-refractivity contribution in [3.8, 4) is 0 Å². The third-order valence-electron chi connectivity index (χ3n) is 6.45. The van der Waals surface area contributed by atoms with Crippen molar-refractivity contribution in [2.24, 2.45) is 5.73 Å². The first-order valence-electron chi connectivity index (χ1n) is 10.2. The number of halogens is 2. The standard InChI is InChI=1S/C19H22N3.C2H4F2S.CH3NO.Os/c1-2-5-16(6-3-1)19(8-4-9-19)21-13-10-18(15-21)11-14-22-17(18)7-12-20-22;1-2(3,4)5;2-1-3;/h1-3,5-7H,4,8-11,13-15H2;5H,1H3;1H,(H2,2,3);/q-1;;;+2/p-1. The summed E-state index contributed by atoms with van der Waals surface area (Å²) < 4.78 is 23.9. The van der Waals surface area contributed by atoms with Crippen molar-refractivity contribution in [1.29, 1.82) is 0 Å². The summed E-state index contributed by atoms with van der Waals surface area (Å²) >= 11 is 3.49. The Hall–Kier alpha value is -1.29. The van der Waals surface area contributed by atoms with Crippen molar-refractivity contribution in [2.45, 2.75) is 61.8 Å². The summed E-state index contributed by atoms with van der Waals surface area (Å²) in [7, 11) is 0. The van der Waals surface area contributed by atoms with Crippen LogP contribution >= 0.6 is 0 Å². The van der Waals surface area contributed by atoms with E-state index >= 15 is 0 Å². The van der Waals surface area contributed by atoms with Crippen molar-refractivity contribution in [1.82, 2.24) is 14.7 Å². The van der Waals surface area contributed by atoms with E-state index in [0.29, 0.717) is 17.9 Å². The van der Waals surface area contributed by atoms with Gasteiger partial charge in [0.2, 0.25) is 6.41 Å². The number of aromatic nitrogens is 2. The number of primary amides is 1. The molecule has 1 aliphatic carbocycles. The van der Waals surface area contributed by atoms with E-state index in [0.717, 1.165) is 6.54 Å². The number of likely N-dealkylation sites (tertiary alicyclic amines) is 1. The van der Waals surface area contributed by atoms with Crippen LogP contribution in [-0.2, 0) is 54.7 Å². The van der Waals surface area contributed by atoms with Crippen molar-refractivity contribution in [3.63, 3.8) is 0 Å². The second-order valence-electron chi connectivity index (χ2n) is 8.28. The minimum Gasteiger partial charge on any atom is -0.717 e. The summed E-state index contributed by atoms with van der Waals surface area (Å²) in [4.78, 5) is 11.4. The predicted octanol–water partition coefficient (Wildman–Crippen LogP) is 3.35. The van der Waals surface area contributed by atoms with Gasteiger partial charge >= 0.3 is 19.8 Å². The monoisotopic (exact) mass is 626 g/mol. The summed E-state index contributed by atoms with van der Waals surface area (Å²) in [6, 6.07) is 13.3. The van der Waals surface area contributed by atoms with E-state index in [2.05, 4.69) is 75.6 Å². The smallest absolute Gasteiger partial charge is 0.717 e. The fourth-order valence-electron chi connectivity index (χ4n) is 5.03. The maximum atomic E-state index is 10.8. The van der Waals surface area contributed by atoms with Crippen molar-refractivity contribution in [3.05, 3.63) is 53.9 Å². The zero-order valence-electron chi connectivity index (χ0n) is 17.5. The molecule has 2 aliphatic heterocycles. The van der Waals surface area contributed by atoms with Crippen molar-refractivity contribution < 1.29 is 33.4 Å². The molecule has 1 atom stereocenters. The van der Waals surface area contributed by atoms with Crippen LogP contribution < -0.4 is 5.73 Å². The van der Waals surface area contributed by atoms with Gasteiger partial charge < -0.3 is 28.1 Å². The minimum atomic E-state index is -2.92. The summed E-state index contributed by atoms with van der Waals surface area (Å²) in [6.45, 7) is 4.16. The van der Waals surface area contributed by atoms with E-state index in [4.69, 9.17) is 4.79 Å². The van der Waals surface area contributed by atoms with E-state index in [1.165, 1.54) is 56.5 Å². The molecule has 1 saturated carbocycles. The van der Waals surface area contributed by atoms with E-state index in [1.54, 1.807) is 0 Å². The molecule has 1 saturated heterocycles. The molecule has 1 unspecified atom stereocenters. The molecule has 3 heterocycles. The van der Waals surface area contributed by atoms with E-state index in [1.807, 2.05) is 0 Å². The molecular formula is C22H28F2N4OOsS. The molecule has 5 rings (SSSR count). The second kappa shape index (κ2) is 10.5. The number of aryl methyl sites for hydroxylation is 1. The van der Waals surface area contributed by atoms with Crippen LogP contribution in [0.3, 0.4) is 0 Å². The van der Waals surface area contributed by atoms with E-state index in [9.17, 15) is 8.78 Å². The van der Waals surface area contributed by atoms with Crippen molar-refractivity contribution in [2.75, 3.05) is 13.1 Å². The quantitative estimate of drug-likeness (QED) is 0.317. The van der Waals surface area contributed by atoms with Gasteiger partial charge in [0.15, 0.2) is 0 Å². The van der Waals surface area contributed by atoms with Gasteiger partial charge in [0.1, 0.15) is 5.25 Å². The third kappa shape index (κ3) is 5.74. The molecule has 5 nitrogen and oxygen atoms in total. The van der Waals surface area contributed by atoms with Gasteiger partial charge in [-0.25, -0.2) is 8.78 Å². The van der Waals surface area contributed by atoms with Crippen LogP contribution in [0.25, 0.3) is 0 Å². The summed E-state index contributed by atoms with van der Waals surface area (Å²) in [6.07, 6.45) is 9.84. The van der Waals surface area contributed by atoms with Crippen LogP contribution in [0, 0.1) is 6.20 Å². The van der Waals surface area contributed by atoms with Crippen LogP contribution in [0.15, 0.2) is 36.4 Å². The maximum Gasteiger partial charge on any atom is 2.00 e. The molecule has 0 radical (unpaired) electrons. The molecule has 1 spiro atoms. The first kappa shape index (κ1) is 26.0. The maximum absolute atomic E-state index is 10.8. The van der Waals surface area contributed by atoms with Crippen LogP contribution in [0.1, 0.15) is 50.3 Å². The zero-order chi connectivity index (χ0) is 21.8. The number of amides is 1. The van der Waals surface area contributed by atoms with Gasteiger partial charge in [-0.2, -0.15) is 6.07 Å². The fourth-order valence-corrected chi connectivity index (χ4v) is 5.03. The summed E-state index contributed by atoms with van der Waals surface area (Å²) in [5.41, 5.74) is 7.76. The third-order valence-corrected chi connectivity index (χ3v) is 6.45. The topological polar surface area (TPSA) is 64.2 Å². The van der Waals surface area contributed by atoms with Gasteiger partial charge in [0.05, 0.1) is 0 Å². The van der Waals surface area contributed by atoms with Crippen LogP contribution in [-0.4, -0.2) is 39.4 Å². The van der Waals surface area contributed by atoms with Crippen molar-refractivity contribution >= 4 is 19.0 Å². The van der Waals surface area contributed by atoms with E-state index < -0.39 is 5.25 Å². The molecular weight excluding hydrogens is 597 g/mol. The number of rotatable bonds is 2. The molecule has 2 fully saturated rings. The Balaban J connectivity index is 0.000000332. The average Bonchev–Trinajstić information content (AvgIpc) is 3.34. The Morgan fingerprint density at radius 1 is 1.19 bits per heavy atom. The molecule has 170 valence electrons. The van der Waals surface area contributed by atoms with Crippen LogP contribution in [0.2, 0.25) is 0 Å². The van der Waals surface area contributed by atoms with Gasteiger partial charge in [-0.05, 0) is 63.1 Å². The van der Waals surface area contributed by atoms with Gasteiger partial charge in [0.25, 0.3) is 0 Å². The number of hydrogen-bond acceptors (Lipinski definition) is 4. The Morgan fingerprint density at radius 3 is 2.32 bits per heavy atom. The largest absolute Gasteiger partial charge is 2.00 e. The number of carbonyl (C=O) groups excluding carboxylic acids is 1. The Bertz CT molecular complexity index is 836. The van der Waals surface area contributed by atoms with Gasteiger partial charge in [-0.3, -0.25) is 9.69 Å². The van der Waals surface area contributed by atoms with Gasteiger partial charge in [-0.1, -0.05) is 30.3 Å². The Morgan fingerprint density at radius 2 is 1.77 bits per heavy atom.